The van der Waals surface area contributed by atoms with Crippen LogP contribution >= 0.6 is 11.6 Å². The summed E-state index contributed by atoms with van der Waals surface area (Å²) in [6.07, 6.45) is 6.47. The number of hydrogen-bond acceptors (Lipinski definition) is 7. The first-order valence-electron chi connectivity index (χ1n) is 11.6. The Hall–Kier alpha value is -3.20. The van der Waals surface area contributed by atoms with Crippen LogP contribution in [0.1, 0.15) is 62.8 Å². The summed E-state index contributed by atoms with van der Waals surface area (Å²) >= 11 is 6.35. The number of piperidine rings is 1. The maximum Gasteiger partial charge on any atom is 0.410 e. The molecule has 0 saturated carbocycles. The second-order valence-corrected chi connectivity index (χ2v) is 9.52. The molecule has 0 bridgehead atoms. The van der Waals surface area contributed by atoms with Crippen molar-refractivity contribution in [3.05, 3.63) is 59.0 Å². The van der Waals surface area contributed by atoms with Gasteiger partial charge in [-0.2, -0.15) is 0 Å². The topological polar surface area (TPSA) is 89.3 Å². The molecule has 1 saturated heterocycles. The Balaban J connectivity index is 1.49. The van der Waals surface area contributed by atoms with Gasteiger partial charge in [-0.25, -0.2) is 9.78 Å². The second kappa shape index (κ2) is 9.21. The number of aromatic nitrogens is 5. The summed E-state index contributed by atoms with van der Waals surface area (Å²) in [4.78, 5) is 25.5. The smallest absolute Gasteiger partial charge is 0.410 e. The van der Waals surface area contributed by atoms with Crippen LogP contribution in [0.25, 0.3) is 5.69 Å². The Morgan fingerprint density at radius 3 is 2.62 bits per heavy atom. The van der Waals surface area contributed by atoms with E-state index in [4.69, 9.17) is 16.3 Å². The molecule has 0 aliphatic carbocycles. The van der Waals surface area contributed by atoms with Crippen molar-refractivity contribution in [1.29, 1.82) is 0 Å². The summed E-state index contributed by atoms with van der Waals surface area (Å²) in [5, 5.41) is 9.84. The van der Waals surface area contributed by atoms with Gasteiger partial charge in [0.15, 0.2) is 5.82 Å². The predicted molar refractivity (Wildman–Crippen MR) is 128 cm³/mol. The first kappa shape index (κ1) is 22.6. The summed E-state index contributed by atoms with van der Waals surface area (Å²) in [5.41, 5.74) is 1.90. The van der Waals surface area contributed by atoms with Crippen LogP contribution in [0.3, 0.4) is 0 Å². The molecule has 4 heterocycles. The molecule has 0 radical (unpaired) electrons. The van der Waals surface area contributed by atoms with Crippen molar-refractivity contribution >= 4 is 23.5 Å². The van der Waals surface area contributed by atoms with E-state index in [1.807, 2.05) is 39.0 Å². The minimum atomic E-state index is -0.372. The lowest BCUT2D eigenvalue weighted by Crippen LogP contribution is -2.35. The molecule has 1 amide bonds. The Morgan fingerprint density at radius 2 is 1.91 bits per heavy atom. The second-order valence-electron chi connectivity index (χ2n) is 9.09. The van der Waals surface area contributed by atoms with Gasteiger partial charge in [-0.15, -0.1) is 10.2 Å². The number of carbonyl (C=O) groups is 1. The lowest BCUT2D eigenvalue weighted by molar-refractivity contribution is 0.0618. The van der Waals surface area contributed by atoms with Gasteiger partial charge in [0.1, 0.15) is 11.6 Å². The molecule has 178 valence electrons. The van der Waals surface area contributed by atoms with Crippen molar-refractivity contribution in [3.63, 3.8) is 0 Å². The third-order valence-electron chi connectivity index (χ3n) is 6.48. The predicted octanol–water partition coefficient (Wildman–Crippen LogP) is 4.52. The van der Waals surface area contributed by atoms with Gasteiger partial charge < -0.3 is 9.64 Å². The highest BCUT2D eigenvalue weighted by Crippen LogP contribution is 2.37. The van der Waals surface area contributed by atoms with Gasteiger partial charge in [0.25, 0.3) is 0 Å². The van der Waals surface area contributed by atoms with E-state index in [1.54, 1.807) is 23.5 Å². The molecule has 1 aromatic carbocycles. The van der Waals surface area contributed by atoms with E-state index in [0.29, 0.717) is 11.6 Å². The number of carbonyl (C=O) groups excluding carboxylic acids is 1. The van der Waals surface area contributed by atoms with Crippen LogP contribution in [0.5, 0.6) is 0 Å². The Labute approximate surface area is 203 Å². The zero-order valence-corrected chi connectivity index (χ0v) is 20.3. The minimum Gasteiger partial charge on any atom is -0.447 e. The van der Waals surface area contributed by atoms with Crippen molar-refractivity contribution in [1.82, 2.24) is 29.6 Å². The zero-order chi connectivity index (χ0) is 23.8. The van der Waals surface area contributed by atoms with E-state index in [1.165, 1.54) is 0 Å². The normalized spacial score (nSPS) is 18.4. The van der Waals surface area contributed by atoms with Crippen LogP contribution in [0.15, 0.2) is 36.8 Å². The number of benzene rings is 1. The summed E-state index contributed by atoms with van der Waals surface area (Å²) in [7, 11) is 0. The van der Waals surface area contributed by atoms with Crippen molar-refractivity contribution < 1.29 is 9.53 Å². The number of hydrogen-bond donors (Lipinski definition) is 0. The van der Waals surface area contributed by atoms with E-state index >= 15 is 0 Å². The lowest BCUT2D eigenvalue weighted by Gasteiger charge is -2.32. The average Bonchev–Trinajstić information content (AvgIpc) is 3.22. The quantitative estimate of drug-likeness (QED) is 0.543. The molecule has 2 aliphatic rings. The molecule has 2 aromatic heterocycles. The van der Waals surface area contributed by atoms with E-state index in [-0.39, 0.29) is 24.2 Å². The highest BCUT2D eigenvalue weighted by Gasteiger charge is 2.36. The molecule has 9 nitrogen and oxygen atoms in total. The van der Waals surface area contributed by atoms with Gasteiger partial charge in [-0.1, -0.05) is 11.6 Å². The van der Waals surface area contributed by atoms with Crippen LogP contribution < -0.4 is 4.90 Å². The molecule has 5 rings (SSSR count). The Kier molecular flexibility index (Phi) is 6.12. The summed E-state index contributed by atoms with van der Waals surface area (Å²) in [5.74, 6) is 2.78. The monoisotopic (exact) mass is 481 g/mol. The third kappa shape index (κ3) is 4.20. The summed E-state index contributed by atoms with van der Waals surface area (Å²) in [6, 6.07) is 5.47. The van der Waals surface area contributed by atoms with Crippen LogP contribution in [0.2, 0.25) is 5.02 Å². The molecule has 1 fully saturated rings. The van der Waals surface area contributed by atoms with Gasteiger partial charge in [-0.05, 0) is 57.4 Å². The van der Waals surface area contributed by atoms with Crippen LogP contribution in [-0.2, 0) is 11.3 Å². The number of fused-ring (bicyclic) bond motifs is 3. The number of rotatable bonds is 3. The number of amides is 1. The van der Waals surface area contributed by atoms with Gasteiger partial charge >= 0.3 is 6.09 Å². The lowest BCUT2D eigenvalue weighted by atomic mass is 9.95. The van der Waals surface area contributed by atoms with Crippen molar-refractivity contribution in [2.45, 2.75) is 58.2 Å². The maximum absolute atomic E-state index is 13.0. The largest absolute Gasteiger partial charge is 0.447 e. The molecule has 1 unspecified atom stereocenters. The Morgan fingerprint density at radius 1 is 1.15 bits per heavy atom. The molecular formula is C24H28ClN7O2. The highest BCUT2D eigenvalue weighted by atomic mass is 35.5. The number of ether oxygens (including phenoxy) is 1. The first-order valence-corrected chi connectivity index (χ1v) is 12.0. The van der Waals surface area contributed by atoms with Gasteiger partial charge in [-0.3, -0.25) is 14.5 Å². The molecular weight excluding hydrogens is 454 g/mol. The number of anilines is 1. The Bertz CT molecular complexity index is 1180. The molecule has 10 heteroatoms. The molecule has 34 heavy (non-hydrogen) atoms. The number of halogens is 1. The van der Waals surface area contributed by atoms with Gasteiger partial charge in [0, 0.05) is 36.4 Å². The maximum atomic E-state index is 13.0. The van der Waals surface area contributed by atoms with Crippen LogP contribution in [0, 0.1) is 0 Å². The van der Waals surface area contributed by atoms with Crippen LogP contribution in [-0.4, -0.2) is 54.9 Å². The summed E-state index contributed by atoms with van der Waals surface area (Å²) < 4.78 is 7.66. The van der Waals surface area contributed by atoms with Crippen molar-refractivity contribution in [2.24, 2.45) is 0 Å². The van der Waals surface area contributed by atoms with Crippen molar-refractivity contribution in [2.75, 3.05) is 18.0 Å². The molecule has 1 atom stereocenters. The van der Waals surface area contributed by atoms with Crippen LogP contribution in [0.4, 0.5) is 10.6 Å². The fraction of sp³-hybridized carbons (Fsp3) is 0.458. The number of nitrogens with zero attached hydrogens (tertiary/aromatic N) is 7. The minimum absolute atomic E-state index is 0.213. The highest BCUT2D eigenvalue weighted by molar-refractivity contribution is 6.30. The molecule has 0 N–H and O–H groups in total. The van der Waals surface area contributed by atoms with Gasteiger partial charge in [0.2, 0.25) is 0 Å². The SMILES string of the molecule is CC(C)OC(=O)N1Cc2cc(Cl)ccc2-n2c(C3CCN(c4cnccn4)CC3)nnc2C1C. The van der Waals surface area contributed by atoms with E-state index in [2.05, 4.69) is 29.6 Å². The zero-order valence-electron chi connectivity index (χ0n) is 19.6. The summed E-state index contributed by atoms with van der Waals surface area (Å²) in [6.45, 7) is 7.77. The van der Waals surface area contributed by atoms with Gasteiger partial charge in [0.05, 0.1) is 30.6 Å². The first-order chi connectivity index (χ1) is 16.4. The molecule has 0 spiro atoms. The standard InChI is InChI=1S/C24H28ClN7O2/c1-15(2)34-24(33)31-14-18-12-19(25)4-5-20(18)32-22(16(31)3)28-29-23(32)17-6-10-30(11-7-17)21-13-26-8-9-27-21/h4-5,8-9,12-13,15-17H,6-7,10-11,14H2,1-3H3. The van der Waals surface area contributed by atoms with E-state index in [9.17, 15) is 4.79 Å². The third-order valence-corrected chi connectivity index (χ3v) is 6.72. The fourth-order valence-corrected chi connectivity index (χ4v) is 4.96. The van der Waals surface area contributed by atoms with E-state index in [0.717, 1.165) is 54.6 Å². The molecule has 3 aromatic rings. The van der Waals surface area contributed by atoms with E-state index < -0.39 is 0 Å². The van der Waals surface area contributed by atoms with Crippen molar-refractivity contribution in [3.8, 4) is 5.69 Å². The average molecular weight is 482 g/mol. The molecule has 2 aliphatic heterocycles. The fourth-order valence-electron chi connectivity index (χ4n) is 4.76.